The van der Waals surface area contributed by atoms with E-state index in [1.54, 1.807) is 0 Å². The highest BCUT2D eigenvalue weighted by molar-refractivity contribution is 6.36. The van der Waals surface area contributed by atoms with E-state index in [1.165, 1.54) is 0 Å². The average molecular weight is 490 g/mol. The maximum atomic E-state index is 6.89. The molecule has 4 nitrogen and oxygen atoms in total. The predicted octanol–water partition coefficient (Wildman–Crippen LogP) is 8.28. The van der Waals surface area contributed by atoms with Crippen molar-refractivity contribution >= 4 is 81.2 Å². The van der Waals surface area contributed by atoms with Gasteiger partial charge in [0.05, 0.1) is 38.3 Å². The molecular weight excluding hydrogens is 475 g/mol. The van der Waals surface area contributed by atoms with Gasteiger partial charge in [0.2, 0.25) is 0 Å². The van der Waals surface area contributed by atoms with Crippen LogP contribution < -0.4 is 0 Å². The van der Waals surface area contributed by atoms with Crippen molar-refractivity contribution in [2.24, 2.45) is 0 Å². The van der Waals surface area contributed by atoms with Crippen LogP contribution in [0.2, 0.25) is 15.1 Å². The minimum absolute atomic E-state index is 0.475. The Kier molecular flexibility index (Phi) is 4.88. The highest BCUT2D eigenvalue weighted by Gasteiger charge is 2.14. The molecule has 8 bridgehead atoms. The van der Waals surface area contributed by atoms with Crippen LogP contribution in [0.5, 0.6) is 0 Å². The standard InChI is InChI=1S/C26H15Cl3N4/c27-15-3-1-14(2-4-15)20-13-19-12-17-6-5-16(30-17)11-18-7-8-21(31-18)24(28)22-9-10-23(33-22)25(29)26(20)32-19/h1-13,30,32H. The van der Waals surface area contributed by atoms with Gasteiger partial charge in [0.25, 0.3) is 0 Å². The Bertz CT molecular complexity index is 1640. The number of aromatic amines is 2. The van der Waals surface area contributed by atoms with Crippen LogP contribution >= 0.6 is 34.8 Å². The third-order valence-corrected chi connectivity index (χ3v) is 6.56. The van der Waals surface area contributed by atoms with Crippen molar-refractivity contribution in [2.75, 3.05) is 0 Å². The van der Waals surface area contributed by atoms with Gasteiger partial charge in [-0.3, -0.25) is 0 Å². The van der Waals surface area contributed by atoms with Gasteiger partial charge in [-0.2, -0.15) is 0 Å². The van der Waals surface area contributed by atoms with E-state index in [-0.39, 0.29) is 0 Å². The van der Waals surface area contributed by atoms with Gasteiger partial charge < -0.3 is 9.97 Å². The van der Waals surface area contributed by atoms with Gasteiger partial charge in [0, 0.05) is 27.1 Å². The van der Waals surface area contributed by atoms with Gasteiger partial charge in [0.15, 0.2) is 0 Å². The van der Waals surface area contributed by atoms with Crippen molar-refractivity contribution in [1.82, 2.24) is 19.9 Å². The Labute approximate surface area is 204 Å². The highest BCUT2D eigenvalue weighted by atomic mass is 35.5. The minimum atomic E-state index is 0.475. The highest BCUT2D eigenvalue weighted by Crippen LogP contribution is 2.34. The molecule has 0 spiro atoms. The van der Waals surface area contributed by atoms with E-state index < -0.39 is 0 Å². The SMILES string of the molecule is Clc1ccc(-c2cc3cc4ccc(cc5nc(c(Cl)c6nc(c(Cl)c2[nH]3)C=C6)C=C5)[nH]4)cc1. The molecule has 2 N–H and O–H groups in total. The number of H-pyrrole nitrogens is 2. The first-order valence-electron chi connectivity index (χ1n) is 10.2. The van der Waals surface area contributed by atoms with E-state index in [0.717, 1.165) is 38.9 Å². The van der Waals surface area contributed by atoms with E-state index in [0.29, 0.717) is 32.1 Å². The summed E-state index contributed by atoms with van der Waals surface area (Å²) in [4.78, 5) is 16.2. The van der Waals surface area contributed by atoms with Crippen LogP contribution in [-0.2, 0) is 0 Å². The maximum Gasteiger partial charge on any atom is 0.0919 e. The zero-order valence-electron chi connectivity index (χ0n) is 17.0. The topological polar surface area (TPSA) is 57.4 Å². The first-order valence-corrected chi connectivity index (χ1v) is 11.4. The number of nitrogens with one attached hydrogen (secondary N) is 2. The van der Waals surface area contributed by atoms with Crippen LogP contribution in [0.4, 0.5) is 0 Å². The van der Waals surface area contributed by atoms with Crippen molar-refractivity contribution in [3.63, 3.8) is 0 Å². The quantitative estimate of drug-likeness (QED) is 0.244. The largest absolute Gasteiger partial charge is 0.355 e. The van der Waals surface area contributed by atoms with Crippen molar-refractivity contribution in [3.05, 3.63) is 92.4 Å². The van der Waals surface area contributed by atoms with E-state index in [2.05, 4.69) is 26.0 Å². The van der Waals surface area contributed by atoms with Crippen LogP contribution in [0.15, 0.2) is 54.6 Å². The third-order valence-electron chi connectivity index (χ3n) is 5.53. The summed E-state index contributed by atoms with van der Waals surface area (Å²) in [6, 6.07) is 17.8. The average Bonchev–Trinajstić information content (AvgIpc) is 3.61. The zero-order chi connectivity index (χ0) is 22.5. The fourth-order valence-corrected chi connectivity index (χ4v) is 4.55. The Morgan fingerprint density at radius 2 is 1.24 bits per heavy atom. The molecule has 7 heteroatoms. The molecule has 0 saturated carbocycles. The molecule has 5 heterocycles. The molecular formula is C26H15Cl3N4. The summed E-state index contributed by atoms with van der Waals surface area (Å²) in [5, 5.41) is 1.65. The first-order chi connectivity index (χ1) is 16.0. The van der Waals surface area contributed by atoms with E-state index >= 15 is 0 Å². The maximum absolute atomic E-state index is 6.89. The van der Waals surface area contributed by atoms with E-state index in [4.69, 9.17) is 34.8 Å². The first kappa shape index (κ1) is 20.3. The van der Waals surface area contributed by atoms with Crippen molar-refractivity contribution in [2.45, 2.75) is 0 Å². The van der Waals surface area contributed by atoms with Crippen molar-refractivity contribution < 1.29 is 0 Å². The molecule has 4 aromatic rings. The lowest BCUT2D eigenvalue weighted by Crippen LogP contribution is -1.83. The summed E-state index contributed by atoms with van der Waals surface area (Å²) in [7, 11) is 0. The molecule has 0 saturated heterocycles. The molecule has 3 aromatic heterocycles. The van der Waals surface area contributed by atoms with Crippen LogP contribution in [0.25, 0.3) is 57.5 Å². The summed E-state index contributed by atoms with van der Waals surface area (Å²) in [5.41, 5.74) is 8.23. The zero-order valence-corrected chi connectivity index (χ0v) is 19.3. The van der Waals surface area contributed by atoms with Gasteiger partial charge in [0.1, 0.15) is 0 Å². The smallest absolute Gasteiger partial charge is 0.0919 e. The predicted molar refractivity (Wildman–Crippen MR) is 139 cm³/mol. The number of hydrogen-bond donors (Lipinski definition) is 2. The summed E-state index contributed by atoms with van der Waals surface area (Å²) in [6.45, 7) is 0. The summed E-state index contributed by atoms with van der Waals surface area (Å²) in [5.74, 6) is 0. The van der Waals surface area contributed by atoms with E-state index in [1.807, 2.05) is 72.8 Å². The van der Waals surface area contributed by atoms with Crippen LogP contribution in [0.1, 0.15) is 22.8 Å². The Morgan fingerprint density at radius 3 is 2.03 bits per heavy atom. The number of nitrogens with zero attached hydrogens (tertiary/aromatic N) is 2. The van der Waals surface area contributed by atoms with E-state index in [9.17, 15) is 0 Å². The minimum Gasteiger partial charge on any atom is -0.355 e. The lowest BCUT2D eigenvalue weighted by Gasteiger charge is -2.01. The molecule has 1 aromatic carbocycles. The molecule has 2 aliphatic heterocycles. The number of fused-ring (bicyclic) bond motifs is 8. The van der Waals surface area contributed by atoms with Crippen LogP contribution in [0.3, 0.4) is 0 Å². The fraction of sp³-hybridized carbons (Fsp3) is 0. The number of hydrogen-bond acceptors (Lipinski definition) is 2. The Morgan fingerprint density at radius 1 is 0.576 bits per heavy atom. The van der Waals surface area contributed by atoms with Crippen molar-refractivity contribution in [3.8, 4) is 11.1 Å². The Balaban J connectivity index is 1.73. The summed E-state index contributed by atoms with van der Waals surface area (Å²) < 4.78 is 0. The van der Waals surface area contributed by atoms with Gasteiger partial charge in [-0.25, -0.2) is 9.97 Å². The molecule has 160 valence electrons. The van der Waals surface area contributed by atoms with Crippen LogP contribution in [0, 0.1) is 0 Å². The molecule has 6 rings (SSSR count). The number of halogens is 3. The molecule has 0 fully saturated rings. The molecule has 33 heavy (non-hydrogen) atoms. The van der Waals surface area contributed by atoms with Crippen molar-refractivity contribution in [1.29, 1.82) is 0 Å². The Hall–Kier alpha value is -3.31. The lowest BCUT2D eigenvalue weighted by molar-refractivity contribution is 1.28. The van der Waals surface area contributed by atoms with Gasteiger partial charge in [-0.15, -0.1) is 0 Å². The monoisotopic (exact) mass is 488 g/mol. The van der Waals surface area contributed by atoms with Gasteiger partial charge >= 0.3 is 0 Å². The molecule has 0 radical (unpaired) electrons. The third kappa shape index (κ3) is 3.76. The molecule has 2 aliphatic rings. The molecule has 0 atom stereocenters. The lowest BCUT2D eigenvalue weighted by atomic mass is 10.1. The fourth-order valence-electron chi connectivity index (χ4n) is 3.95. The number of benzene rings is 1. The molecule has 0 unspecified atom stereocenters. The number of rotatable bonds is 1. The molecule has 0 amide bonds. The molecule has 0 aliphatic carbocycles. The second-order valence-electron chi connectivity index (χ2n) is 7.78. The second kappa shape index (κ2) is 7.92. The number of aromatic nitrogens is 4. The summed E-state index contributed by atoms with van der Waals surface area (Å²) >= 11 is 19.6. The van der Waals surface area contributed by atoms with Gasteiger partial charge in [-0.1, -0.05) is 46.9 Å². The normalized spacial score (nSPS) is 12.5. The van der Waals surface area contributed by atoms with Gasteiger partial charge in [-0.05, 0) is 72.3 Å². The van der Waals surface area contributed by atoms with Crippen LogP contribution in [-0.4, -0.2) is 19.9 Å². The summed E-state index contributed by atoms with van der Waals surface area (Å²) in [6.07, 6.45) is 7.53. The second-order valence-corrected chi connectivity index (χ2v) is 8.97.